The fourth-order valence-electron chi connectivity index (χ4n) is 2.30. The lowest BCUT2D eigenvalue weighted by molar-refractivity contribution is -0.141. The predicted octanol–water partition coefficient (Wildman–Crippen LogP) is 0.982. The van der Waals surface area contributed by atoms with Crippen LogP contribution in [-0.4, -0.2) is 49.2 Å². The maximum atomic E-state index is 12.0. The zero-order chi connectivity index (χ0) is 12.8. The summed E-state index contributed by atoms with van der Waals surface area (Å²) in [6.45, 7) is 1.31. The first kappa shape index (κ1) is 14.0. The van der Waals surface area contributed by atoms with Gasteiger partial charge in [0, 0.05) is 33.2 Å². The number of amides is 1. The van der Waals surface area contributed by atoms with Crippen LogP contribution in [-0.2, 0) is 14.3 Å². The summed E-state index contributed by atoms with van der Waals surface area (Å²) in [7, 11) is 3.41. The first-order chi connectivity index (χ1) is 8.06. The highest BCUT2D eigenvalue weighted by Gasteiger charge is 2.34. The van der Waals surface area contributed by atoms with Crippen molar-refractivity contribution in [1.82, 2.24) is 4.90 Å². The van der Waals surface area contributed by atoms with E-state index in [4.69, 9.17) is 9.84 Å². The van der Waals surface area contributed by atoms with E-state index in [2.05, 4.69) is 0 Å². The molecule has 0 spiro atoms. The van der Waals surface area contributed by atoms with E-state index in [1.807, 2.05) is 0 Å². The molecule has 0 aromatic rings. The van der Waals surface area contributed by atoms with E-state index in [1.54, 1.807) is 19.1 Å². The van der Waals surface area contributed by atoms with Crippen LogP contribution >= 0.6 is 0 Å². The van der Waals surface area contributed by atoms with Gasteiger partial charge in [-0.15, -0.1) is 0 Å². The minimum absolute atomic E-state index is 0.0739. The summed E-state index contributed by atoms with van der Waals surface area (Å²) in [6, 6.07) is 0. The molecule has 0 heterocycles. The minimum atomic E-state index is -0.776. The lowest BCUT2D eigenvalue weighted by atomic mass is 10.0. The third-order valence-electron chi connectivity index (χ3n) is 3.35. The molecule has 2 atom stereocenters. The van der Waals surface area contributed by atoms with Crippen molar-refractivity contribution >= 4 is 11.9 Å². The normalized spacial score (nSPS) is 23.6. The molecule has 5 heteroatoms. The molecule has 1 aliphatic rings. The zero-order valence-corrected chi connectivity index (χ0v) is 10.5. The molecule has 0 radical (unpaired) electrons. The maximum absolute atomic E-state index is 12.0. The van der Waals surface area contributed by atoms with Gasteiger partial charge in [0.2, 0.25) is 5.91 Å². The second kappa shape index (κ2) is 6.59. The lowest BCUT2D eigenvalue weighted by Crippen LogP contribution is -2.33. The van der Waals surface area contributed by atoms with Crippen molar-refractivity contribution in [3.05, 3.63) is 0 Å². The highest BCUT2D eigenvalue weighted by Crippen LogP contribution is 2.32. The lowest BCUT2D eigenvalue weighted by Gasteiger charge is -2.20. The summed E-state index contributed by atoms with van der Waals surface area (Å²) in [5.41, 5.74) is 0. The van der Waals surface area contributed by atoms with Gasteiger partial charge in [-0.05, 0) is 25.7 Å². The van der Waals surface area contributed by atoms with Gasteiger partial charge >= 0.3 is 5.97 Å². The summed E-state index contributed by atoms with van der Waals surface area (Å²) in [5, 5.41) is 8.88. The minimum Gasteiger partial charge on any atom is -0.481 e. The van der Waals surface area contributed by atoms with E-state index in [1.165, 1.54) is 0 Å². The van der Waals surface area contributed by atoms with Gasteiger partial charge in [0.05, 0.1) is 5.92 Å². The Morgan fingerprint density at radius 2 is 2.00 bits per heavy atom. The summed E-state index contributed by atoms with van der Waals surface area (Å²) in [5.74, 6) is -1.15. The molecule has 2 unspecified atom stereocenters. The molecular weight excluding hydrogens is 222 g/mol. The number of carbonyl (C=O) groups is 2. The molecule has 0 bridgehead atoms. The maximum Gasteiger partial charge on any atom is 0.306 e. The topological polar surface area (TPSA) is 66.8 Å². The van der Waals surface area contributed by atoms with Gasteiger partial charge in [0.1, 0.15) is 0 Å². The number of methoxy groups -OCH3 is 1. The number of rotatable bonds is 6. The Kier molecular flexibility index (Phi) is 5.41. The van der Waals surface area contributed by atoms with Gasteiger partial charge in [0.15, 0.2) is 0 Å². The summed E-state index contributed by atoms with van der Waals surface area (Å²) >= 11 is 0. The Bertz CT molecular complexity index is 280. The Hall–Kier alpha value is -1.10. The second-order valence-electron chi connectivity index (χ2n) is 4.65. The summed E-state index contributed by atoms with van der Waals surface area (Å²) in [4.78, 5) is 24.5. The fraction of sp³-hybridized carbons (Fsp3) is 0.833. The molecule has 5 nitrogen and oxygen atoms in total. The van der Waals surface area contributed by atoms with E-state index in [0.29, 0.717) is 32.4 Å². The van der Waals surface area contributed by atoms with Gasteiger partial charge in [-0.1, -0.05) is 0 Å². The zero-order valence-electron chi connectivity index (χ0n) is 10.5. The number of hydrogen-bond donors (Lipinski definition) is 1. The molecule has 1 amide bonds. The molecule has 1 N–H and O–H groups in total. The molecule has 98 valence electrons. The third kappa shape index (κ3) is 4.00. The molecule has 0 aromatic heterocycles. The van der Waals surface area contributed by atoms with Gasteiger partial charge in [0.25, 0.3) is 0 Å². The Labute approximate surface area is 102 Å². The molecule has 1 fully saturated rings. The average molecular weight is 243 g/mol. The number of carbonyl (C=O) groups excluding carboxylic acids is 1. The molecule has 1 rings (SSSR count). The van der Waals surface area contributed by atoms with Gasteiger partial charge in [-0.25, -0.2) is 0 Å². The van der Waals surface area contributed by atoms with Crippen LogP contribution in [0.25, 0.3) is 0 Å². The number of aliphatic carboxylic acids is 1. The highest BCUT2D eigenvalue weighted by molar-refractivity contribution is 5.80. The van der Waals surface area contributed by atoms with Gasteiger partial charge in [-0.2, -0.15) is 0 Å². The van der Waals surface area contributed by atoms with Crippen molar-refractivity contribution in [3.63, 3.8) is 0 Å². The van der Waals surface area contributed by atoms with Crippen LogP contribution in [0.3, 0.4) is 0 Å². The van der Waals surface area contributed by atoms with Crippen LogP contribution in [0, 0.1) is 11.8 Å². The standard InChI is InChI=1S/C12H21NO4/c1-13(6-3-7-17-2)11(14)9-4-5-10(8-9)12(15)16/h9-10H,3-8H2,1-2H3,(H,15,16). The van der Waals surface area contributed by atoms with Crippen LogP contribution in [0.1, 0.15) is 25.7 Å². The number of nitrogens with zero attached hydrogens (tertiary/aromatic N) is 1. The van der Waals surface area contributed by atoms with E-state index in [9.17, 15) is 9.59 Å². The highest BCUT2D eigenvalue weighted by atomic mass is 16.5. The number of hydrogen-bond acceptors (Lipinski definition) is 3. The van der Waals surface area contributed by atoms with E-state index in [0.717, 1.165) is 6.42 Å². The van der Waals surface area contributed by atoms with E-state index < -0.39 is 5.97 Å². The number of carboxylic acid groups (broad SMARTS) is 1. The quantitative estimate of drug-likeness (QED) is 0.706. The van der Waals surface area contributed by atoms with Gasteiger partial charge < -0.3 is 14.7 Å². The second-order valence-corrected chi connectivity index (χ2v) is 4.65. The van der Waals surface area contributed by atoms with Crippen molar-refractivity contribution in [2.75, 3.05) is 27.3 Å². The van der Waals surface area contributed by atoms with Crippen LogP contribution in [0.15, 0.2) is 0 Å². The van der Waals surface area contributed by atoms with Crippen molar-refractivity contribution in [1.29, 1.82) is 0 Å². The fourth-order valence-corrected chi connectivity index (χ4v) is 2.30. The first-order valence-corrected chi connectivity index (χ1v) is 6.03. The predicted molar refractivity (Wildman–Crippen MR) is 62.6 cm³/mol. The molecular formula is C12H21NO4. The molecule has 17 heavy (non-hydrogen) atoms. The van der Waals surface area contributed by atoms with Gasteiger partial charge in [-0.3, -0.25) is 9.59 Å². The first-order valence-electron chi connectivity index (χ1n) is 6.03. The van der Waals surface area contributed by atoms with Crippen molar-refractivity contribution < 1.29 is 19.4 Å². The number of ether oxygens (including phenoxy) is 1. The van der Waals surface area contributed by atoms with Crippen molar-refractivity contribution in [3.8, 4) is 0 Å². The average Bonchev–Trinajstić information content (AvgIpc) is 2.77. The van der Waals surface area contributed by atoms with E-state index >= 15 is 0 Å². The summed E-state index contributed by atoms with van der Waals surface area (Å²) < 4.78 is 4.93. The molecule has 0 aliphatic heterocycles. The van der Waals surface area contributed by atoms with Crippen molar-refractivity contribution in [2.24, 2.45) is 11.8 Å². The van der Waals surface area contributed by atoms with Crippen LogP contribution in [0.4, 0.5) is 0 Å². The Balaban J connectivity index is 2.35. The van der Waals surface area contributed by atoms with Crippen LogP contribution < -0.4 is 0 Å². The molecule has 0 saturated heterocycles. The SMILES string of the molecule is COCCCN(C)C(=O)C1CCC(C(=O)O)C1. The third-order valence-corrected chi connectivity index (χ3v) is 3.35. The number of carboxylic acids is 1. The molecule has 0 aromatic carbocycles. The Morgan fingerprint density at radius 3 is 2.53 bits per heavy atom. The molecule has 1 aliphatic carbocycles. The Morgan fingerprint density at radius 1 is 1.35 bits per heavy atom. The molecule has 1 saturated carbocycles. The summed E-state index contributed by atoms with van der Waals surface area (Å²) in [6.07, 6.45) is 2.62. The monoisotopic (exact) mass is 243 g/mol. The van der Waals surface area contributed by atoms with Crippen molar-refractivity contribution in [2.45, 2.75) is 25.7 Å². The van der Waals surface area contributed by atoms with Crippen LogP contribution in [0.5, 0.6) is 0 Å². The van der Waals surface area contributed by atoms with Crippen LogP contribution in [0.2, 0.25) is 0 Å². The van der Waals surface area contributed by atoms with E-state index in [-0.39, 0.29) is 17.7 Å². The smallest absolute Gasteiger partial charge is 0.306 e. The largest absolute Gasteiger partial charge is 0.481 e.